The summed E-state index contributed by atoms with van der Waals surface area (Å²) in [7, 11) is 0. The number of rotatable bonds is 5. The van der Waals surface area contributed by atoms with Crippen LogP contribution in [0, 0.1) is 36.0 Å². The molecule has 14 rings (SSSR count). The van der Waals surface area contributed by atoms with E-state index >= 15 is 17.6 Å². The number of hydrogen-bond acceptors (Lipinski definition) is 0. The van der Waals surface area contributed by atoms with Crippen LogP contribution in [-0.2, 0) is 0 Å². The molecule has 4 heterocycles. The first-order valence-corrected chi connectivity index (χ1v) is 23.0. The zero-order valence-electron chi connectivity index (χ0n) is 37.2. The van der Waals surface area contributed by atoms with E-state index in [0.29, 0.717) is 22.3 Å². The molecule has 4 nitrogen and oxygen atoms in total. The monoisotopic (exact) mass is 918 g/mol. The third-order valence-electron chi connectivity index (χ3n) is 14.3. The lowest BCUT2D eigenvalue weighted by Gasteiger charge is -2.23. The standard InChI is InChI=1S/C61H35F5N4/c1-34-46(69-49-26-14-10-22-39(49)43-30-28-41-37-20-8-12-24-47(37)67(58(41)60(43)69)35-16-4-2-5-17-35)33-32-45(51-52(62)54(64)56(66)55(65)53(51)63)57(34)70-50-27-15-11-23-40(50)44-31-29-42-38-21-9-13-25-48(38)68(59(42)61(44)70)36-18-6-3-7-19-36/h2-33H,1H3. The molecule has 0 fully saturated rings. The Balaban J connectivity index is 1.22. The van der Waals surface area contributed by atoms with Gasteiger partial charge in [-0.1, -0.05) is 133 Å². The van der Waals surface area contributed by atoms with E-state index in [9.17, 15) is 4.39 Å². The van der Waals surface area contributed by atoms with E-state index in [2.05, 4.69) is 86.5 Å². The Morgan fingerprint density at radius 3 is 1.04 bits per heavy atom. The molecule has 4 aromatic heterocycles. The lowest BCUT2D eigenvalue weighted by molar-refractivity contribution is 0.381. The van der Waals surface area contributed by atoms with Gasteiger partial charge in [-0.3, -0.25) is 0 Å². The molecule has 334 valence electrons. The maximum absolute atomic E-state index is 16.7. The van der Waals surface area contributed by atoms with Gasteiger partial charge in [-0.25, -0.2) is 22.0 Å². The summed E-state index contributed by atoms with van der Waals surface area (Å²) >= 11 is 0. The largest absolute Gasteiger partial charge is 0.307 e. The Morgan fingerprint density at radius 2 is 0.614 bits per heavy atom. The van der Waals surface area contributed by atoms with Gasteiger partial charge < -0.3 is 18.3 Å². The van der Waals surface area contributed by atoms with Gasteiger partial charge in [0.25, 0.3) is 0 Å². The fourth-order valence-electron chi connectivity index (χ4n) is 11.4. The van der Waals surface area contributed by atoms with Gasteiger partial charge in [0.05, 0.1) is 61.1 Å². The van der Waals surface area contributed by atoms with Gasteiger partial charge >= 0.3 is 0 Å². The molecule has 10 aromatic carbocycles. The molecule has 0 unspecified atom stereocenters. The zero-order chi connectivity index (χ0) is 47.1. The van der Waals surface area contributed by atoms with Crippen LogP contribution < -0.4 is 0 Å². The number of benzene rings is 10. The second kappa shape index (κ2) is 14.8. The molecular formula is C61H35F5N4. The van der Waals surface area contributed by atoms with Gasteiger partial charge in [0.15, 0.2) is 23.3 Å². The Morgan fingerprint density at radius 1 is 0.286 bits per heavy atom. The summed E-state index contributed by atoms with van der Waals surface area (Å²) in [6.45, 7) is 1.88. The van der Waals surface area contributed by atoms with E-state index in [1.54, 1.807) is 6.07 Å². The number of nitrogens with zero attached hydrogens (tertiary/aromatic N) is 4. The summed E-state index contributed by atoms with van der Waals surface area (Å²) in [5.41, 5.74) is 8.89. The van der Waals surface area contributed by atoms with Crippen LogP contribution in [0.3, 0.4) is 0 Å². The van der Waals surface area contributed by atoms with E-state index in [1.807, 2.05) is 121 Å². The van der Waals surface area contributed by atoms with Crippen LogP contribution in [0.15, 0.2) is 194 Å². The van der Waals surface area contributed by atoms with Crippen molar-refractivity contribution in [1.82, 2.24) is 18.3 Å². The molecule has 0 atom stereocenters. The molecule has 0 radical (unpaired) electrons. The molecule has 0 spiro atoms. The molecule has 0 aliphatic carbocycles. The Labute approximate surface area is 395 Å². The molecule has 0 saturated heterocycles. The third-order valence-corrected chi connectivity index (χ3v) is 14.3. The summed E-state index contributed by atoms with van der Waals surface area (Å²) in [6, 6.07) is 64.1. The molecular weight excluding hydrogens is 884 g/mol. The van der Waals surface area contributed by atoms with Crippen LogP contribution in [0.4, 0.5) is 22.0 Å². The highest BCUT2D eigenvalue weighted by Gasteiger charge is 2.32. The second-order valence-electron chi connectivity index (χ2n) is 17.8. The summed E-state index contributed by atoms with van der Waals surface area (Å²) in [5, 5.41) is 7.59. The smallest absolute Gasteiger partial charge is 0.200 e. The zero-order valence-corrected chi connectivity index (χ0v) is 37.2. The molecule has 0 saturated carbocycles. The van der Waals surface area contributed by atoms with Gasteiger partial charge in [-0.05, 0) is 73.2 Å². The highest BCUT2D eigenvalue weighted by Crippen LogP contribution is 2.48. The molecule has 70 heavy (non-hydrogen) atoms. The summed E-state index contributed by atoms with van der Waals surface area (Å²) < 4.78 is 88.3. The number of fused-ring (bicyclic) bond motifs is 14. The lowest BCUT2D eigenvalue weighted by atomic mass is 9.96. The van der Waals surface area contributed by atoms with Gasteiger partial charge in [-0.15, -0.1) is 0 Å². The first kappa shape index (κ1) is 40.1. The van der Waals surface area contributed by atoms with Crippen LogP contribution in [-0.4, -0.2) is 18.3 Å². The minimum absolute atomic E-state index is 0.166. The predicted molar refractivity (Wildman–Crippen MR) is 274 cm³/mol. The van der Waals surface area contributed by atoms with Crippen LogP contribution in [0.25, 0.3) is 121 Å². The maximum atomic E-state index is 16.7. The van der Waals surface area contributed by atoms with Crippen molar-refractivity contribution in [3.05, 3.63) is 229 Å². The molecule has 0 aliphatic rings. The van der Waals surface area contributed by atoms with Crippen LogP contribution in [0.2, 0.25) is 0 Å². The number of aromatic nitrogens is 4. The molecule has 0 bridgehead atoms. The predicted octanol–water partition coefficient (Wildman–Crippen LogP) is 16.7. The minimum Gasteiger partial charge on any atom is -0.307 e. The fourth-order valence-corrected chi connectivity index (χ4v) is 11.4. The summed E-state index contributed by atoms with van der Waals surface area (Å²) in [4.78, 5) is 0. The average molecular weight is 919 g/mol. The first-order valence-electron chi connectivity index (χ1n) is 23.0. The van der Waals surface area contributed by atoms with Crippen molar-refractivity contribution in [1.29, 1.82) is 0 Å². The van der Waals surface area contributed by atoms with E-state index < -0.39 is 34.6 Å². The van der Waals surface area contributed by atoms with Gasteiger partial charge in [0, 0.05) is 60.0 Å². The van der Waals surface area contributed by atoms with E-state index in [4.69, 9.17) is 0 Å². The van der Waals surface area contributed by atoms with E-state index in [0.717, 1.165) is 87.6 Å². The third kappa shape index (κ3) is 5.28. The normalized spacial score (nSPS) is 12.1. The highest BCUT2D eigenvalue weighted by atomic mass is 19.2. The lowest BCUT2D eigenvalue weighted by Crippen LogP contribution is -2.10. The van der Waals surface area contributed by atoms with Crippen molar-refractivity contribution in [2.24, 2.45) is 0 Å². The van der Waals surface area contributed by atoms with Crippen LogP contribution in [0.1, 0.15) is 5.56 Å². The summed E-state index contributed by atoms with van der Waals surface area (Å²) in [5.74, 6) is -10.1. The van der Waals surface area contributed by atoms with Crippen molar-refractivity contribution < 1.29 is 22.0 Å². The quantitative estimate of drug-likeness (QED) is 0.0931. The van der Waals surface area contributed by atoms with Crippen molar-refractivity contribution >= 4 is 87.2 Å². The SMILES string of the molecule is Cc1c(-n2c3ccccc3c3ccc4c5ccccc5n(-c5ccccc5)c4c32)ccc(-c2c(F)c(F)c(F)c(F)c2F)c1-n1c2ccccc2c2ccc3c4ccccc4n(-c4ccccc4)c3c21. The number of hydrogen-bond donors (Lipinski definition) is 0. The maximum Gasteiger partial charge on any atom is 0.200 e. The molecule has 0 amide bonds. The molecule has 0 aliphatic heterocycles. The number of halogens is 5. The topological polar surface area (TPSA) is 19.7 Å². The molecule has 0 N–H and O–H groups in total. The van der Waals surface area contributed by atoms with Crippen molar-refractivity contribution in [2.75, 3.05) is 0 Å². The van der Waals surface area contributed by atoms with Gasteiger partial charge in [-0.2, -0.15) is 0 Å². The fraction of sp³-hybridized carbons (Fsp3) is 0.0164. The highest BCUT2D eigenvalue weighted by molar-refractivity contribution is 6.25. The van der Waals surface area contributed by atoms with Crippen LogP contribution in [0.5, 0.6) is 0 Å². The van der Waals surface area contributed by atoms with Crippen molar-refractivity contribution in [3.63, 3.8) is 0 Å². The Hall–Kier alpha value is -8.95. The Bertz CT molecular complexity index is 4510. The van der Waals surface area contributed by atoms with Gasteiger partial charge in [0.1, 0.15) is 0 Å². The van der Waals surface area contributed by atoms with E-state index in [1.165, 1.54) is 6.07 Å². The minimum atomic E-state index is -2.22. The van der Waals surface area contributed by atoms with E-state index in [-0.39, 0.29) is 11.3 Å². The first-order chi connectivity index (χ1) is 34.3. The van der Waals surface area contributed by atoms with Crippen molar-refractivity contribution in [2.45, 2.75) is 6.92 Å². The average Bonchev–Trinajstić information content (AvgIpc) is 4.13. The second-order valence-corrected chi connectivity index (χ2v) is 17.8. The van der Waals surface area contributed by atoms with Gasteiger partial charge in [0.2, 0.25) is 5.82 Å². The molecule has 14 aromatic rings. The van der Waals surface area contributed by atoms with Crippen molar-refractivity contribution in [3.8, 4) is 33.9 Å². The number of para-hydroxylation sites is 6. The van der Waals surface area contributed by atoms with Crippen LogP contribution >= 0.6 is 0 Å². The molecule has 9 heteroatoms. The summed E-state index contributed by atoms with van der Waals surface area (Å²) in [6.07, 6.45) is 0. The Kier molecular flexibility index (Phi) is 8.47.